The molecule has 0 aromatic carbocycles. The highest BCUT2D eigenvalue weighted by Gasteiger charge is 2.25. The van der Waals surface area contributed by atoms with Gasteiger partial charge in [0, 0.05) is 18.7 Å². The molecule has 82 valence electrons. The first-order chi connectivity index (χ1) is 7.28. The third-order valence-corrected chi connectivity index (χ3v) is 2.70. The van der Waals surface area contributed by atoms with Crippen molar-refractivity contribution in [3.63, 3.8) is 0 Å². The van der Waals surface area contributed by atoms with Crippen LogP contribution in [-0.2, 0) is 0 Å². The van der Waals surface area contributed by atoms with Crippen LogP contribution in [0, 0.1) is 5.92 Å². The Morgan fingerprint density at radius 3 is 3.00 bits per heavy atom. The quantitative estimate of drug-likeness (QED) is 0.759. The van der Waals surface area contributed by atoms with Crippen LogP contribution in [0.15, 0.2) is 12.4 Å². The molecule has 1 aromatic rings. The van der Waals surface area contributed by atoms with Gasteiger partial charge in [-0.05, 0) is 18.8 Å². The van der Waals surface area contributed by atoms with Gasteiger partial charge in [0.05, 0.1) is 7.11 Å². The number of aromatic nitrogens is 2. The van der Waals surface area contributed by atoms with Crippen LogP contribution in [0.4, 0.5) is 5.82 Å². The Kier molecular flexibility index (Phi) is 3.01. The van der Waals surface area contributed by atoms with Crippen LogP contribution in [0.25, 0.3) is 0 Å². The molecule has 5 heteroatoms. The van der Waals surface area contributed by atoms with E-state index in [0.29, 0.717) is 17.8 Å². The molecule has 3 N–H and O–H groups in total. The molecule has 1 aliphatic carbocycles. The Balaban J connectivity index is 1.82. The Morgan fingerprint density at radius 2 is 2.33 bits per heavy atom. The second kappa shape index (κ2) is 4.44. The zero-order chi connectivity index (χ0) is 10.7. The standard InChI is InChI=1S/C10H16N4O/c1-15-10-4-9(13-6-14-10)12-5-7-2-8(11)3-7/h4,6-8H,2-3,5,11H2,1H3,(H,12,13,14). The van der Waals surface area contributed by atoms with Crippen molar-refractivity contribution in [2.45, 2.75) is 18.9 Å². The fraction of sp³-hybridized carbons (Fsp3) is 0.600. The van der Waals surface area contributed by atoms with E-state index in [4.69, 9.17) is 10.5 Å². The zero-order valence-corrected chi connectivity index (χ0v) is 8.81. The van der Waals surface area contributed by atoms with Crippen LogP contribution < -0.4 is 15.8 Å². The van der Waals surface area contributed by atoms with Crippen molar-refractivity contribution in [3.05, 3.63) is 12.4 Å². The van der Waals surface area contributed by atoms with Gasteiger partial charge in [0.15, 0.2) is 0 Å². The summed E-state index contributed by atoms with van der Waals surface area (Å²) in [6.45, 7) is 0.924. The molecule has 0 amide bonds. The van der Waals surface area contributed by atoms with Gasteiger partial charge in [-0.25, -0.2) is 9.97 Å². The summed E-state index contributed by atoms with van der Waals surface area (Å²) < 4.78 is 5.01. The molecule has 1 heterocycles. The second-order valence-corrected chi connectivity index (χ2v) is 3.92. The molecule has 5 nitrogen and oxygen atoms in total. The van der Waals surface area contributed by atoms with E-state index in [-0.39, 0.29) is 0 Å². The van der Waals surface area contributed by atoms with Crippen LogP contribution >= 0.6 is 0 Å². The van der Waals surface area contributed by atoms with E-state index < -0.39 is 0 Å². The number of nitrogens with one attached hydrogen (secondary N) is 1. The number of rotatable bonds is 4. The highest BCUT2D eigenvalue weighted by Crippen LogP contribution is 2.25. The highest BCUT2D eigenvalue weighted by molar-refractivity contribution is 5.37. The van der Waals surface area contributed by atoms with Gasteiger partial charge in [0.25, 0.3) is 0 Å². The van der Waals surface area contributed by atoms with Gasteiger partial charge in [-0.1, -0.05) is 0 Å². The summed E-state index contributed by atoms with van der Waals surface area (Å²) in [5, 5.41) is 3.26. The number of hydrogen-bond donors (Lipinski definition) is 2. The van der Waals surface area contributed by atoms with Gasteiger partial charge >= 0.3 is 0 Å². The average molecular weight is 208 g/mol. The summed E-state index contributed by atoms with van der Waals surface area (Å²) >= 11 is 0. The Morgan fingerprint density at radius 1 is 1.53 bits per heavy atom. The molecule has 1 aliphatic rings. The first-order valence-electron chi connectivity index (χ1n) is 5.13. The molecular formula is C10H16N4O. The monoisotopic (exact) mass is 208 g/mol. The maximum absolute atomic E-state index is 5.71. The number of methoxy groups -OCH3 is 1. The molecule has 0 aliphatic heterocycles. The summed E-state index contributed by atoms with van der Waals surface area (Å²) in [5.41, 5.74) is 5.71. The number of hydrogen-bond acceptors (Lipinski definition) is 5. The van der Waals surface area contributed by atoms with E-state index in [9.17, 15) is 0 Å². The van der Waals surface area contributed by atoms with E-state index >= 15 is 0 Å². The maximum Gasteiger partial charge on any atom is 0.218 e. The van der Waals surface area contributed by atoms with Gasteiger partial charge in [-0.15, -0.1) is 0 Å². The predicted octanol–water partition coefficient (Wildman–Crippen LogP) is 0.634. The SMILES string of the molecule is COc1cc(NCC2CC(N)C2)ncn1. The maximum atomic E-state index is 5.71. The summed E-state index contributed by atoms with van der Waals surface area (Å²) in [6.07, 6.45) is 3.71. The molecule has 1 aromatic heterocycles. The fourth-order valence-electron chi connectivity index (χ4n) is 1.75. The van der Waals surface area contributed by atoms with Gasteiger partial charge in [0.1, 0.15) is 12.1 Å². The zero-order valence-electron chi connectivity index (χ0n) is 8.81. The number of ether oxygens (including phenoxy) is 1. The minimum Gasteiger partial charge on any atom is -0.481 e. The van der Waals surface area contributed by atoms with Crippen LogP contribution in [0.1, 0.15) is 12.8 Å². The first kappa shape index (κ1) is 10.2. The lowest BCUT2D eigenvalue weighted by atomic mass is 9.81. The van der Waals surface area contributed by atoms with E-state index in [0.717, 1.165) is 25.2 Å². The van der Waals surface area contributed by atoms with Gasteiger partial charge < -0.3 is 15.8 Å². The van der Waals surface area contributed by atoms with Crippen molar-refractivity contribution in [1.82, 2.24) is 9.97 Å². The Labute approximate surface area is 89.1 Å². The van der Waals surface area contributed by atoms with Crippen molar-refractivity contribution >= 4 is 5.82 Å². The van der Waals surface area contributed by atoms with Crippen molar-refractivity contribution in [2.75, 3.05) is 19.0 Å². The van der Waals surface area contributed by atoms with Gasteiger partial charge in [-0.3, -0.25) is 0 Å². The van der Waals surface area contributed by atoms with E-state index in [1.54, 1.807) is 13.2 Å². The van der Waals surface area contributed by atoms with Crippen molar-refractivity contribution in [1.29, 1.82) is 0 Å². The first-order valence-corrected chi connectivity index (χ1v) is 5.13. The molecule has 0 spiro atoms. The third-order valence-electron chi connectivity index (χ3n) is 2.70. The van der Waals surface area contributed by atoms with E-state index in [1.807, 2.05) is 0 Å². The normalized spacial score (nSPS) is 24.4. The average Bonchev–Trinajstić information content (AvgIpc) is 2.23. The third kappa shape index (κ3) is 2.56. The largest absolute Gasteiger partial charge is 0.481 e. The fourth-order valence-corrected chi connectivity index (χ4v) is 1.75. The lowest BCUT2D eigenvalue weighted by Crippen LogP contribution is -2.39. The van der Waals surface area contributed by atoms with Crippen molar-refractivity contribution < 1.29 is 4.74 Å². The summed E-state index contributed by atoms with van der Waals surface area (Å²) in [6, 6.07) is 2.19. The molecule has 0 atom stereocenters. The molecule has 0 bridgehead atoms. The van der Waals surface area contributed by atoms with E-state index in [1.165, 1.54) is 6.33 Å². The van der Waals surface area contributed by atoms with Crippen molar-refractivity contribution in [3.8, 4) is 5.88 Å². The lowest BCUT2D eigenvalue weighted by Gasteiger charge is -2.32. The van der Waals surface area contributed by atoms with E-state index in [2.05, 4.69) is 15.3 Å². The minimum absolute atomic E-state index is 0.400. The van der Waals surface area contributed by atoms with Crippen LogP contribution in [0.5, 0.6) is 5.88 Å². The number of anilines is 1. The minimum atomic E-state index is 0.400. The summed E-state index contributed by atoms with van der Waals surface area (Å²) in [4.78, 5) is 8.04. The van der Waals surface area contributed by atoms with Gasteiger partial charge in [-0.2, -0.15) is 0 Å². The smallest absolute Gasteiger partial charge is 0.218 e. The highest BCUT2D eigenvalue weighted by atomic mass is 16.5. The second-order valence-electron chi connectivity index (χ2n) is 3.92. The molecule has 0 saturated heterocycles. The molecule has 1 saturated carbocycles. The molecule has 15 heavy (non-hydrogen) atoms. The number of nitrogens with zero attached hydrogens (tertiary/aromatic N) is 2. The topological polar surface area (TPSA) is 73.1 Å². The molecule has 2 rings (SSSR count). The summed E-state index contributed by atoms with van der Waals surface area (Å²) in [7, 11) is 1.59. The summed E-state index contributed by atoms with van der Waals surface area (Å²) in [5.74, 6) is 2.07. The van der Waals surface area contributed by atoms with Crippen LogP contribution in [0.2, 0.25) is 0 Å². The van der Waals surface area contributed by atoms with Crippen molar-refractivity contribution in [2.24, 2.45) is 11.7 Å². The Bertz CT molecular complexity index is 325. The molecule has 0 radical (unpaired) electrons. The number of nitrogens with two attached hydrogens (primary N) is 1. The van der Waals surface area contributed by atoms with Gasteiger partial charge in [0.2, 0.25) is 5.88 Å². The van der Waals surface area contributed by atoms with Crippen LogP contribution in [0.3, 0.4) is 0 Å². The van der Waals surface area contributed by atoms with Crippen LogP contribution in [-0.4, -0.2) is 29.7 Å². The molecule has 0 unspecified atom stereocenters. The predicted molar refractivity (Wildman–Crippen MR) is 57.8 cm³/mol. The molecule has 1 fully saturated rings. The molecular weight excluding hydrogens is 192 g/mol. The lowest BCUT2D eigenvalue weighted by molar-refractivity contribution is 0.280. The Hall–Kier alpha value is -1.36.